The van der Waals surface area contributed by atoms with Gasteiger partial charge in [0.05, 0.1) is 24.0 Å². The molecule has 1 amide bonds. The molecule has 0 spiro atoms. The van der Waals surface area contributed by atoms with E-state index in [1.165, 1.54) is 6.20 Å². The van der Waals surface area contributed by atoms with Gasteiger partial charge >= 0.3 is 0 Å². The van der Waals surface area contributed by atoms with E-state index in [4.69, 9.17) is 10.1 Å². The van der Waals surface area contributed by atoms with Gasteiger partial charge in [0.1, 0.15) is 5.82 Å². The van der Waals surface area contributed by atoms with Gasteiger partial charge in [0.25, 0.3) is 0 Å². The number of nitrogens with zero attached hydrogens (tertiary/aromatic N) is 1. The van der Waals surface area contributed by atoms with Crippen molar-refractivity contribution in [1.82, 2.24) is 4.98 Å². The van der Waals surface area contributed by atoms with Gasteiger partial charge in [-0.2, -0.15) is 0 Å². The lowest BCUT2D eigenvalue weighted by molar-refractivity contribution is -0.117. The summed E-state index contributed by atoms with van der Waals surface area (Å²) in [7, 11) is 1.55. The lowest BCUT2D eigenvalue weighted by atomic mass is 10.1. The zero-order chi connectivity index (χ0) is 20.5. The van der Waals surface area contributed by atoms with Crippen LogP contribution in [0.3, 0.4) is 0 Å². The van der Waals surface area contributed by atoms with Crippen LogP contribution in [-0.2, 0) is 4.79 Å². The molecule has 7 nitrogen and oxygen atoms in total. The molecule has 0 unspecified atom stereocenters. The van der Waals surface area contributed by atoms with E-state index < -0.39 is 0 Å². The van der Waals surface area contributed by atoms with E-state index in [2.05, 4.69) is 15.6 Å². The molecule has 1 heterocycles. The van der Waals surface area contributed by atoms with E-state index in [0.29, 0.717) is 39.8 Å². The highest BCUT2D eigenvalue weighted by atomic mass is 16.5. The van der Waals surface area contributed by atoms with Crippen LogP contribution in [0.15, 0.2) is 30.5 Å². The number of ether oxygens (including phenoxy) is 1. The molecule has 150 valence electrons. The first-order valence-electron chi connectivity index (χ1n) is 9.82. The Labute approximate surface area is 169 Å². The van der Waals surface area contributed by atoms with Crippen molar-refractivity contribution < 1.29 is 14.3 Å². The first-order valence-corrected chi connectivity index (χ1v) is 9.82. The Bertz CT molecular complexity index is 994. The van der Waals surface area contributed by atoms with Gasteiger partial charge in [0.2, 0.25) is 5.91 Å². The van der Waals surface area contributed by atoms with Gasteiger partial charge in [-0.1, -0.05) is 6.07 Å². The minimum atomic E-state index is -0.0382. The molecule has 7 heteroatoms. The number of ketones is 1. The fourth-order valence-corrected chi connectivity index (χ4v) is 3.26. The summed E-state index contributed by atoms with van der Waals surface area (Å²) in [5.74, 6) is 1.07. The van der Waals surface area contributed by atoms with Crippen molar-refractivity contribution >= 4 is 34.6 Å². The summed E-state index contributed by atoms with van der Waals surface area (Å²) in [6.07, 6.45) is 5.13. The van der Waals surface area contributed by atoms with Crippen LogP contribution in [0.4, 0.5) is 17.2 Å². The topological polar surface area (TPSA) is 104 Å². The Morgan fingerprint density at radius 2 is 1.83 bits per heavy atom. The summed E-state index contributed by atoms with van der Waals surface area (Å²) in [5, 5.41) is 14.1. The van der Waals surface area contributed by atoms with Crippen molar-refractivity contribution in [3.8, 4) is 5.75 Å². The number of hydrogen-bond acceptors (Lipinski definition) is 6. The molecule has 4 rings (SSSR count). The number of rotatable bonds is 8. The molecule has 2 aliphatic carbocycles. The molecule has 0 saturated heterocycles. The van der Waals surface area contributed by atoms with Crippen LogP contribution >= 0.6 is 0 Å². The monoisotopic (exact) mass is 392 g/mol. The molecule has 2 saturated carbocycles. The summed E-state index contributed by atoms with van der Waals surface area (Å²) in [6.45, 7) is 1.70. The second-order valence-corrected chi connectivity index (χ2v) is 7.65. The largest absolute Gasteiger partial charge is 0.494 e. The number of hydrogen-bond donors (Lipinski definition) is 3. The van der Waals surface area contributed by atoms with Crippen molar-refractivity contribution in [2.75, 3.05) is 17.7 Å². The van der Waals surface area contributed by atoms with Crippen LogP contribution < -0.4 is 15.4 Å². The van der Waals surface area contributed by atoms with Crippen molar-refractivity contribution in [1.29, 1.82) is 5.41 Å². The molecular formula is C22H24N4O3. The number of carbonyl (C=O) groups excluding carboxylic acids is 2. The minimum absolute atomic E-state index is 0.0382. The average Bonchev–Trinajstić information content (AvgIpc) is 3.59. The van der Waals surface area contributed by atoms with E-state index in [0.717, 1.165) is 25.7 Å². The molecule has 1 aromatic carbocycles. The predicted octanol–water partition coefficient (Wildman–Crippen LogP) is 4.16. The lowest BCUT2D eigenvalue weighted by Crippen LogP contribution is -2.15. The zero-order valence-electron chi connectivity index (χ0n) is 16.5. The summed E-state index contributed by atoms with van der Waals surface area (Å²) >= 11 is 0. The number of amides is 1. The number of nitrogens with one attached hydrogen (secondary N) is 3. The van der Waals surface area contributed by atoms with Crippen molar-refractivity contribution in [2.45, 2.75) is 32.6 Å². The van der Waals surface area contributed by atoms with Crippen molar-refractivity contribution in [3.05, 3.63) is 41.6 Å². The van der Waals surface area contributed by atoms with Gasteiger partial charge in [-0.3, -0.25) is 9.59 Å². The van der Waals surface area contributed by atoms with E-state index in [-0.39, 0.29) is 23.5 Å². The molecule has 0 radical (unpaired) electrons. The van der Waals surface area contributed by atoms with Crippen LogP contribution in [0.5, 0.6) is 5.75 Å². The van der Waals surface area contributed by atoms with Crippen molar-refractivity contribution in [3.63, 3.8) is 0 Å². The maximum atomic E-state index is 12.8. The SMILES string of the molecule is COc1c(Nc2cc(NC(=O)C3CC3)ncc2C(=O)C2CC2)cccc1C(C)=N. The zero-order valence-corrected chi connectivity index (χ0v) is 16.5. The van der Waals surface area contributed by atoms with Crippen LogP contribution in [0.25, 0.3) is 0 Å². The van der Waals surface area contributed by atoms with Gasteiger partial charge < -0.3 is 20.8 Å². The van der Waals surface area contributed by atoms with Gasteiger partial charge in [-0.15, -0.1) is 0 Å². The number of benzene rings is 1. The molecule has 2 aliphatic rings. The normalized spacial score (nSPS) is 15.5. The predicted molar refractivity (Wildman–Crippen MR) is 111 cm³/mol. The third-order valence-corrected chi connectivity index (χ3v) is 5.21. The molecule has 0 bridgehead atoms. The van der Waals surface area contributed by atoms with Gasteiger partial charge in [-0.05, 0) is 44.7 Å². The van der Waals surface area contributed by atoms with E-state index in [9.17, 15) is 9.59 Å². The number of Topliss-reactive ketones (excluding diaryl/α,β-unsaturated/α-hetero) is 1. The number of para-hydroxylation sites is 1. The molecule has 2 fully saturated rings. The Kier molecular flexibility index (Phi) is 5.05. The highest BCUT2D eigenvalue weighted by Gasteiger charge is 2.33. The summed E-state index contributed by atoms with van der Waals surface area (Å²) < 4.78 is 5.53. The Morgan fingerprint density at radius 1 is 1.10 bits per heavy atom. The smallest absolute Gasteiger partial charge is 0.228 e. The molecule has 3 N–H and O–H groups in total. The lowest BCUT2D eigenvalue weighted by Gasteiger charge is -2.17. The second kappa shape index (κ2) is 7.66. The number of aromatic nitrogens is 1. The van der Waals surface area contributed by atoms with Crippen LogP contribution in [0.1, 0.15) is 48.5 Å². The molecule has 1 aromatic heterocycles. The van der Waals surface area contributed by atoms with E-state index in [1.54, 1.807) is 20.1 Å². The van der Waals surface area contributed by atoms with Crippen LogP contribution in [0, 0.1) is 17.2 Å². The molecule has 0 atom stereocenters. The third-order valence-electron chi connectivity index (χ3n) is 5.21. The molecular weight excluding hydrogens is 368 g/mol. The third kappa shape index (κ3) is 4.13. The summed E-state index contributed by atoms with van der Waals surface area (Å²) in [4.78, 5) is 29.2. The first-order chi connectivity index (χ1) is 14.0. The molecule has 0 aliphatic heterocycles. The Morgan fingerprint density at radius 3 is 2.45 bits per heavy atom. The Hall–Kier alpha value is -3.22. The summed E-state index contributed by atoms with van der Waals surface area (Å²) in [6, 6.07) is 7.17. The maximum absolute atomic E-state index is 12.8. The minimum Gasteiger partial charge on any atom is -0.494 e. The van der Waals surface area contributed by atoms with Crippen LogP contribution in [0.2, 0.25) is 0 Å². The van der Waals surface area contributed by atoms with E-state index in [1.807, 2.05) is 18.2 Å². The molecule has 2 aromatic rings. The fraction of sp³-hybridized carbons (Fsp3) is 0.364. The highest BCUT2D eigenvalue weighted by molar-refractivity contribution is 6.06. The number of pyridine rings is 1. The number of methoxy groups -OCH3 is 1. The number of anilines is 3. The van der Waals surface area contributed by atoms with Gasteiger partial charge in [0.15, 0.2) is 11.5 Å². The second-order valence-electron chi connectivity index (χ2n) is 7.65. The summed E-state index contributed by atoms with van der Waals surface area (Å²) in [5.41, 5.74) is 2.76. The average molecular weight is 392 g/mol. The quantitative estimate of drug-likeness (QED) is 0.462. The first kappa shape index (κ1) is 19.1. The van der Waals surface area contributed by atoms with Crippen molar-refractivity contribution in [2.24, 2.45) is 11.8 Å². The van der Waals surface area contributed by atoms with Crippen LogP contribution in [-0.4, -0.2) is 29.5 Å². The fourth-order valence-electron chi connectivity index (χ4n) is 3.26. The molecule has 29 heavy (non-hydrogen) atoms. The van der Waals surface area contributed by atoms with E-state index >= 15 is 0 Å². The Balaban J connectivity index is 1.70. The number of carbonyl (C=O) groups is 2. The highest BCUT2D eigenvalue weighted by Crippen LogP contribution is 2.38. The van der Waals surface area contributed by atoms with Gasteiger partial charge in [-0.25, -0.2) is 4.98 Å². The van der Waals surface area contributed by atoms with Gasteiger partial charge in [0, 0.05) is 35.4 Å². The maximum Gasteiger partial charge on any atom is 0.228 e. The standard InChI is InChI=1S/C22H24N4O3/c1-12(23)15-4-3-5-17(21(15)29-2)25-18-10-19(26-22(28)14-8-9-14)24-11-16(18)20(27)13-6-7-13/h3-5,10-11,13-14,23H,6-9H2,1-2H3,(H2,24,25,26,28).